The smallest absolute Gasteiger partial charge is 0.310 e. The average Bonchev–Trinajstić information content (AvgIpc) is 2.37. The molecule has 0 spiro atoms. The molecular formula is C9H12O3. The standard InChI is InChI=1S/C9H12O3/c10-8(6-9(11)12)5-7-3-1-2-4-7/h1,3,7H,2,4-6H2,(H,11,12). The highest BCUT2D eigenvalue weighted by molar-refractivity contribution is 5.94. The van der Waals surface area contributed by atoms with E-state index in [1.165, 1.54) is 0 Å². The average molecular weight is 168 g/mol. The lowest BCUT2D eigenvalue weighted by molar-refractivity contribution is -0.140. The number of hydrogen-bond acceptors (Lipinski definition) is 2. The highest BCUT2D eigenvalue weighted by atomic mass is 16.4. The van der Waals surface area contributed by atoms with E-state index in [4.69, 9.17) is 5.11 Å². The zero-order valence-electron chi connectivity index (χ0n) is 6.82. The molecule has 1 atom stereocenters. The van der Waals surface area contributed by atoms with E-state index in [1.54, 1.807) is 0 Å². The second-order valence-electron chi connectivity index (χ2n) is 3.08. The van der Waals surface area contributed by atoms with Gasteiger partial charge in [-0.15, -0.1) is 0 Å². The van der Waals surface area contributed by atoms with Gasteiger partial charge in [0.1, 0.15) is 12.2 Å². The fourth-order valence-electron chi connectivity index (χ4n) is 1.40. The first-order chi connectivity index (χ1) is 5.68. The van der Waals surface area contributed by atoms with Crippen molar-refractivity contribution in [1.29, 1.82) is 0 Å². The molecule has 0 saturated carbocycles. The summed E-state index contributed by atoms with van der Waals surface area (Å²) >= 11 is 0. The normalized spacial score (nSPS) is 21.2. The minimum Gasteiger partial charge on any atom is -0.481 e. The maximum atomic E-state index is 11.0. The Morgan fingerprint density at radius 2 is 2.25 bits per heavy atom. The van der Waals surface area contributed by atoms with Crippen LogP contribution in [0.2, 0.25) is 0 Å². The molecule has 0 amide bonds. The number of ketones is 1. The van der Waals surface area contributed by atoms with E-state index >= 15 is 0 Å². The summed E-state index contributed by atoms with van der Waals surface area (Å²) in [6.45, 7) is 0. The maximum Gasteiger partial charge on any atom is 0.310 e. The molecule has 12 heavy (non-hydrogen) atoms. The third kappa shape index (κ3) is 2.86. The van der Waals surface area contributed by atoms with Gasteiger partial charge in [-0.1, -0.05) is 12.2 Å². The molecule has 0 fully saturated rings. The van der Waals surface area contributed by atoms with Crippen LogP contribution in [-0.2, 0) is 9.59 Å². The fraction of sp³-hybridized carbons (Fsp3) is 0.556. The number of allylic oxidation sites excluding steroid dienone is 2. The van der Waals surface area contributed by atoms with E-state index in [0.29, 0.717) is 6.42 Å². The second kappa shape index (κ2) is 4.04. The Bertz CT molecular complexity index is 218. The van der Waals surface area contributed by atoms with E-state index in [9.17, 15) is 9.59 Å². The second-order valence-corrected chi connectivity index (χ2v) is 3.08. The lowest BCUT2D eigenvalue weighted by Crippen LogP contribution is -2.09. The number of carbonyl (C=O) groups is 2. The van der Waals surface area contributed by atoms with Gasteiger partial charge in [-0.3, -0.25) is 9.59 Å². The Kier molecular flexibility index (Phi) is 3.02. The summed E-state index contributed by atoms with van der Waals surface area (Å²) in [5.74, 6) is -0.905. The predicted octanol–water partition coefficient (Wildman–Crippen LogP) is 1.39. The number of carboxylic acids is 1. The minimum atomic E-state index is -1.03. The van der Waals surface area contributed by atoms with Crippen molar-refractivity contribution in [3.05, 3.63) is 12.2 Å². The van der Waals surface area contributed by atoms with Crippen LogP contribution in [0.15, 0.2) is 12.2 Å². The van der Waals surface area contributed by atoms with Crippen LogP contribution in [0.25, 0.3) is 0 Å². The van der Waals surface area contributed by atoms with Crippen molar-refractivity contribution in [1.82, 2.24) is 0 Å². The molecule has 0 bridgehead atoms. The van der Waals surface area contributed by atoms with Gasteiger partial charge in [0, 0.05) is 6.42 Å². The molecule has 0 aliphatic heterocycles. The van der Waals surface area contributed by atoms with E-state index in [2.05, 4.69) is 0 Å². The summed E-state index contributed by atoms with van der Waals surface area (Å²) in [7, 11) is 0. The number of carboxylic acid groups (broad SMARTS) is 1. The lowest BCUT2D eigenvalue weighted by atomic mass is 10.0. The Morgan fingerprint density at radius 1 is 1.50 bits per heavy atom. The Morgan fingerprint density at radius 3 is 2.75 bits per heavy atom. The Labute approximate surface area is 71.1 Å². The molecule has 0 radical (unpaired) electrons. The maximum absolute atomic E-state index is 11.0. The van der Waals surface area contributed by atoms with Gasteiger partial charge in [0.2, 0.25) is 0 Å². The highest BCUT2D eigenvalue weighted by Gasteiger charge is 2.15. The van der Waals surface area contributed by atoms with Crippen LogP contribution in [0.1, 0.15) is 25.7 Å². The van der Waals surface area contributed by atoms with Crippen LogP contribution in [0.4, 0.5) is 0 Å². The monoisotopic (exact) mass is 168 g/mol. The third-order valence-electron chi connectivity index (χ3n) is 1.95. The third-order valence-corrected chi connectivity index (χ3v) is 1.95. The largest absolute Gasteiger partial charge is 0.481 e. The van der Waals surface area contributed by atoms with Crippen LogP contribution in [0.5, 0.6) is 0 Å². The van der Waals surface area contributed by atoms with E-state index in [-0.39, 0.29) is 18.1 Å². The number of Topliss-reactive ketones (excluding diaryl/α,β-unsaturated/α-hetero) is 1. The molecule has 3 nitrogen and oxygen atoms in total. The van der Waals surface area contributed by atoms with Crippen molar-refractivity contribution in [2.45, 2.75) is 25.7 Å². The molecular weight excluding hydrogens is 156 g/mol. The lowest BCUT2D eigenvalue weighted by Gasteiger charge is -2.03. The Balaban J connectivity index is 2.26. The summed E-state index contributed by atoms with van der Waals surface area (Å²) < 4.78 is 0. The van der Waals surface area contributed by atoms with Crippen LogP contribution in [0, 0.1) is 5.92 Å². The van der Waals surface area contributed by atoms with E-state index < -0.39 is 5.97 Å². The first-order valence-corrected chi connectivity index (χ1v) is 4.08. The van der Waals surface area contributed by atoms with Crippen molar-refractivity contribution < 1.29 is 14.7 Å². The molecule has 1 aliphatic carbocycles. The number of hydrogen-bond donors (Lipinski definition) is 1. The van der Waals surface area contributed by atoms with Gasteiger partial charge in [0.15, 0.2) is 0 Å². The minimum absolute atomic E-state index is 0.168. The van der Waals surface area contributed by atoms with Crippen molar-refractivity contribution in [3.63, 3.8) is 0 Å². The number of carbonyl (C=O) groups excluding carboxylic acids is 1. The van der Waals surface area contributed by atoms with Crippen LogP contribution >= 0.6 is 0 Å². The molecule has 1 aliphatic rings. The van der Waals surface area contributed by atoms with E-state index in [0.717, 1.165) is 12.8 Å². The van der Waals surface area contributed by atoms with Crippen LogP contribution < -0.4 is 0 Å². The molecule has 0 aromatic rings. The number of rotatable bonds is 4. The summed E-state index contributed by atoms with van der Waals surface area (Å²) in [6.07, 6.45) is 6.11. The molecule has 3 heteroatoms. The van der Waals surface area contributed by atoms with Gasteiger partial charge < -0.3 is 5.11 Å². The fourth-order valence-corrected chi connectivity index (χ4v) is 1.40. The molecule has 1 N–H and O–H groups in total. The number of aliphatic carboxylic acids is 1. The molecule has 0 heterocycles. The van der Waals surface area contributed by atoms with Crippen molar-refractivity contribution in [2.24, 2.45) is 5.92 Å². The summed E-state index contributed by atoms with van der Waals surface area (Å²) in [6, 6.07) is 0. The van der Waals surface area contributed by atoms with Crippen LogP contribution in [-0.4, -0.2) is 16.9 Å². The van der Waals surface area contributed by atoms with Gasteiger partial charge >= 0.3 is 5.97 Å². The summed E-state index contributed by atoms with van der Waals surface area (Å²) in [4.78, 5) is 21.1. The molecule has 1 rings (SSSR count). The van der Waals surface area contributed by atoms with Gasteiger partial charge in [0.05, 0.1) is 0 Å². The van der Waals surface area contributed by atoms with Crippen molar-refractivity contribution >= 4 is 11.8 Å². The first-order valence-electron chi connectivity index (χ1n) is 4.08. The van der Waals surface area contributed by atoms with Crippen LogP contribution in [0.3, 0.4) is 0 Å². The Hall–Kier alpha value is -1.12. The highest BCUT2D eigenvalue weighted by Crippen LogP contribution is 2.20. The quantitative estimate of drug-likeness (QED) is 0.509. The zero-order valence-corrected chi connectivity index (χ0v) is 6.82. The van der Waals surface area contributed by atoms with Crippen molar-refractivity contribution in [2.75, 3.05) is 0 Å². The van der Waals surface area contributed by atoms with Gasteiger partial charge in [-0.05, 0) is 18.8 Å². The predicted molar refractivity (Wildman–Crippen MR) is 43.7 cm³/mol. The zero-order chi connectivity index (χ0) is 8.97. The van der Waals surface area contributed by atoms with Gasteiger partial charge in [-0.2, -0.15) is 0 Å². The molecule has 1 unspecified atom stereocenters. The van der Waals surface area contributed by atoms with Crippen molar-refractivity contribution in [3.8, 4) is 0 Å². The SMILES string of the molecule is O=C(O)CC(=O)CC1C=CCC1. The molecule has 0 aromatic heterocycles. The topological polar surface area (TPSA) is 54.4 Å². The summed E-state index contributed by atoms with van der Waals surface area (Å²) in [5, 5.41) is 8.32. The summed E-state index contributed by atoms with van der Waals surface area (Å²) in [5.41, 5.74) is 0. The van der Waals surface area contributed by atoms with Gasteiger partial charge in [-0.25, -0.2) is 0 Å². The van der Waals surface area contributed by atoms with E-state index in [1.807, 2.05) is 12.2 Å². The molecule has 66 valence electrons. The first kappa shape index (κ1) is 8.97. The molecule has 0 saturated heterocycles. The molecule has 0 aromatic carbocycles. The van der Waals surface area contributed by atoms with Gasteiger partial charge in [0.25, 0.3) is 0 Å².